The Labute approximate surface area is 139 Å². The highest BCUT2D eigenvalue weighted by Gasteiger charge is 2.11. The second-order valence-corrected chi connectivity index (χ2v) is 6.34. The number of carbonyl (C=O) groups is 2. The highest BCUT2D eigenvalue weighted by molar-refractivity contribution is 7.15. The van der Waals surface area contributed by atoms with Gasteiger partial charge >= 0.3 is 0 Å². The fraction of sp³-hybridized carbons (Fsp3) is 0.375. The molecule has 0 bridgehead atoms. The Morgan fingerprint density at radius 2 is 1.96 bits per heavy atom. The molecule has 122 valence electrons. The van der Waals surface area contributed by atoms with Crippen LogP contribution in [0.1, 0.15) is 39.8 Å². The Morgan fingerprint density at radius 3 is 2.65 bits per heavy atom. The Kier molecular flexibility index (Phi) is 5.81. The van der Waals surface area contributed by atoms with Crippen LogP contribution < -0.4 is 10.6 Å². The van der Waals surface area contributed by atoms with Gasteiger partial charge in [0.25, 0.3) is 5.91 Å². The van der Waals surface area contributed by atoms with E-state index in [1.165, 1.54) is 11.3 Å². The van der Waals surface area contributed by atoms with Crippen molar-refractivity contribution in [2.45, 2.75) is 33.6 Å². The predicted molar refractivity (Wildman–Crippen MR) is 90.8 cm³/mol. The maximum atomic E-state index is 12.0. The van der Waals surface area contributed by atoms with Gasteiger partial charge in [0, 0.05) is 12.0 Å². The molecule has 0 atom stereocenters. The number of rotatable bonds is 6. The van der Waals surface area contributed by atoms with E-state index >= 15 is 0 Å². The van der Waals surface area contributed by atoms with Gasteiger partial charge in [-0.25, -0.2) is 0 Å². The number of carbonyl (C=O) groups excluding carboxylic acids is 2. The molecule has 23 heavy (non-hydrogen) atoms. The average Bonchev–Trinajstić information content (AvgIpc) is 2.95. The van der Waals surface area contributed by atoms with Crippen molar-refractivity contribution in [1.82, 2.24) is 15.5 Å². The van der Waals surface area contributed by atoms with Gasteiger partial charge in [-0.3, -0.25) is 14.9 Å². The summed E-state index contributed by atoms with van der Waals surface area (Å²) < 4.78 is 0. The number of amides is 2. The molecule has 1 aromatic carbocycles. The molecule has 1 aromatic heterocycles. The quantitative estimate of drug-likeness (QED) is 0.851. The summed E-state index contributed by atoms with van der Waals surface area (Å²) in [4.78, 5) is 23.9. The van der Waals surface area contributed by atoms with Crippen molar-refractivity contribution < 1.29 is 9.59 Å². The van der Waals surface area contributed by atoms with E-state index in [9.17, 15) is 9.59 Å². The molecule has 2 rings (SSSR count). The van der Waals surface area contributed by atoms with Gasteiger partial charge in [0.2, 0.25) is 11.0 Å². The van der Waals surface area contributed by atoms with Gasteiger partial charge in [0.1, 0.15) is 5.01 Å². The van der Waals surface area contributed by atoms with Crippen molar-refractivity contribution in [2.75, 3.05) is 11.9 Å². The molecule has 0 aliphatic heterocycles. The van der Waals surface area contributed by atoms with Crippen LogP contribution in [0.4, 0.5) is 5.13 Å². The number of benzene rings is 1. The van der Waals surface area contributed by atoms with Crippen molar-refractivity contribution in [3.8, 4) is 0 Å². The maximum Gasteiger partial charge on any atom is 0.251 e. The number of nitrogens with one attached hydrogen (secondary N) is 2. The Bertz CT molecular complexity index is 712. The summed E-state index contributed by atoms with van der Waals surface area (Å²) in [7, 11) is 0. The van der Waals surface area contributed by atoms with Crippen LogP contribution in [0.3, 0.4) is 0 Å². The standard InChI is InChI=1S/C16H20N4O2S/c1-4-5-14-19-20-16(23-14)18-13(21)9-17-15(22)12-7-6-10(2)11(3)8-12/h6-8H,4-5,9H2,1-3H3,(H,17,22)(H,18,20,21). The molecule has 2 N–H and O–H groups in total. The van der Waals surface area contributed by atoms with E-state index in [2.05, 4.69) is 27.8 Å². The lowest BCUT2D eigenvalue weighted by Gasteiger charge is -2.07. The molecule has 2 amide bonds. The summed E-state index contributed by atoms with van der Waals surface area (Å²) in [5, 5.41) is 14.5. The number of aromatic nitrogens is 2. The average molecular weight is 332 g/mol. The van der Waals surface area contributed by atoms with Crippen LogP contribution in [-0.2, 0) is 11.2 Å². The fourth-order valence-corrected chi connectivity index (χ4v) is 2.79. The number of hydrogen-bond donors (Lipinski definition) is 2. The molecule has 1 heterocycles. The monoisotopic (exact) mass is 332 g/mol. The molecule has 0 fully saturated rings. The van der Waals surface area contributed by atoms with E-state index in [1.807, 2.05) is 26.0 Å². The van der Waals surface area contributed by atoms with Crippen LogP contribution in [0.2, 0.25) is 0 Å². The summed E-state index contributed by atoms with van der Waals surface area (Å²) in [5.74, 6) is -0.589. The van der Waals surface area contributed by atoms with Gasteiger partial charge in [-0.2, -0.15) is 0 Å². The van der Waals surface area contributed by atoms with Gasteiger partial charge in [-0.15, -0.1) is 10.2 Å². The summed E-state index contributed by atoms with van der Waals surface area (Å²) in [6.07, 6.45) is 1.83. The van der Waals surface area contributed by atoms with Crippen molar-refractivity contribution in [2.24, 2.45) is 0 Å². The zero-order valence-corrected chi connectivity index (χ0v) is 14.3. The van der Waals surface area contributed by atoms with Gasteiger partial charge in [-0.1, -0.05) is 24.3 Å². The first-order valence-electron chi connectivity index (χ1n) is 7.47. The number of anilines is 1. The molecule has 2 aromatic rings. The highest BCUT2D eigenvalue weighted by atomic mass is 32.1. The largest absolute Gasteiger partial charge is 0.343 e. The summed E-state index contributed by atoms with van der Waals surface area (Å²) in [6.45, 7) is 5.89. The zero-order chi connectivity index (χ0) is 16.8. The van der Waals surface area contributed by atoms with Crippen LogP contribution >= 0.6 is 11.3 Å². The first-order chi connectivity index (χ1) is 11.0. The summed E-state index contributed by atoms with van der Waals surface area (Å²) in [6, 6.07) is 5.45. The fourth-order valence-electron chi connectivity index (χ4n) is 1.93. The maximum absolute atomic E-state index is 12.0. The van der Waals surface area contributed by atoms with Gasteiger partial charge in [-0.05, 0) is 43.5 Å². The second kappa shape index (κ2) is 7.82. The molecule has 6 nitrogen and oxygen atoms in total. The molecule has 0 spiro atoms. The van der Waals surface area contributed by atoms with E-state index in [0.29, 0.717) is 10.7 Å². The molecule has 7 heteroatoms. The van der Waals surface area contributed by atoms with Gasteiger partial charge in [0.15, 0.2) is 0 Å². The lowest BCUT2D eigenvalue weighted by atomic mass is 10.1. The van der Waals surface area contributed by atoms with E-state index < -0.39 is 0 Å². The molecule has 0 unspecified atom stereocenters. The molecule has 0 saturated heterocycles. The third-order valence-corrected chi connectivity index (χ3v) is 4.25. The van der Waals surface area contributed by atoms with E-state index in [-0.39, 0.29) is 18.4 Å². The summed E-state index contributed by atoms with van der Waals surface area (Å²) >= 11 is 1.35. The Morgan fingerprint density at radius 1 is 1.17 bits per heavy atom. The molecule has 0 radical (unpaired) electrons. The van der Waals surface area contributed by atoms with E-state index in [0.717, 1.165) is 29.0 Å². The summed E-state index contributed by atoms with van der Waals surface area (Å²) in [5.41, 5.74) is 2.71. The minimum absolute atomic E-state index is 0.103. The van der Waals surface area contributed by atoms with Crippen LogP contribution in [-0.4, -0.2) is 28.6 Å². The number of aryl methyl sites for hydroxylation is 3. The third kappa shape index (κ3) is 4.85. The van der Waals surface area contributed by atoms with E-state index in [4.69, 9.17) is 0 Å². The normalized spacial score (nSPS) is 10.4. The van der Waals surface area contributed by atoms with Gasteiger partial charge < -0.3 is 5.32 Å². The zero-order valence-electron chi connectivity index (χ0n) is 13.5. The number of nitrogens with zero attached hydrogens (tertiary/aromatic N) is 2. The molecule has 0 aliphatic carbocycles. The first kappa shape index (κ1) is 17.1. The Hall–Kier alpha value is -2.28. The van der Waals surface area contributed by atoms with Crippen LogP contribution in [0.5, 0.6) is 0 Å². The SMILES string of the molecule is CCCc1nnc(NC(=O)CNC(=O)c2ccc(C)c(C)c2)s1. The Balaban J connectivity index is 1.85. The molecular formula is C16H20N4O2S. The van der Waals surface area contributed by atoms with Crippen LogP contribution in [0, 0.1) is 13.8 Å². The predicted octanol–water partition coefficient (Wildman–Crippen LogP) is 2.48. The minimum Gasteiger partial charge on any atom is -0.343 e. The number of hydrogen-bond acceptors (Lipinski definition) is 5. The highest BCUT2D eigenvalue weighted by Crippen LogP contribution is 2.16. The third-order valence-electron chi connectivity index (χ3n) is 3.36. The first-order valence-corrected chi connectivity index (χ1v) is 8.29. The second-order valence-electron chi connectivity index (χ2n) is 5.28. The van der Waals surface area contributed by atoms with Crippen molar-refractivity contribution in [3.05, 3.63) is 39.9 Å². The molecular weight excluding hydrogens is 312 g/mol. The van der Waals surface area contributed by atoms with Crippen molar-refractivity contribution in [3.63, 3.8) is 0 Å². The molecule has 0 aliphatic rings. The van der Waals surface area contributed by atoms with Gasteiger partial charge in [0.05, 0.1) is 6.54 Å². The lowest BCUT2D eigenvalue weighted by molar-refractivity contribution is -0.115. The van der Waals surface area contributed by atoms with Crippen LogP contribution in [0.15, 0.2) is 18.2 Å². The van der Waals surface area contributed by atoms with E-state index in [1.54, 1.807) is 6.07 Å². The topological polar surface area (TPSA) is 84.0 Å². The van der Waals surface area contributed by atoms with Crippen molar-refractivity contribution in [1.29, 1.82) is 0 Å². The van der Waals surface area contributed by atoms with Crippen molar-refractivity contribution >= 4 is 28.3 Å². The smallest absolute Gasteiger partial charge is 0.251 e. The minimum atomic E-state index is -0.318. The molecule has 0 saturated carbocycles. The lowest BCUT2D eigenvalue weighted by Crippen LogP contribution is -2.32. The van der Waals surface area contributed by atoms with Crippen LogP contribution in [0.25, 0.3) is 0 Å².